The van der Waals surface area contributed by atoms with Crippen molar-refractivity contribution in [3.8, 4) is 0 Å². The average molecular weight is 332 g/mol. The largest absolute Gasteiger partial charge is 0.465 e. The third kappa shape index (κ3) is 6.51. The van der Waals surface area contributed by atoms with Crippen molar-refractivity contribution in [3.63, 3.8) is 0 Å². The first-order valence-electron chi connectivity index (χ1n) is 7.48. The topological polar surface area (TPSA) is 83.0 Å². The summed E-state index contributed by atoms with van der Waals surface area (Å²) in [7, 11) is 4.74. The molecule has 1 aromatic rings. The quantitative estimate of drug-likeness (QED) is 0.334. The SMILES string of the molecule is C=CCNC(=NCc1ccc(C(=O)OC)cc1)NCC(=O)N(C)C. The van der Waals surface area contributed by atoms with E-state index < -0.39 is 0 Å². The van der Waals surface area contributed by atoms with E-state index in [-0.39, 0.29) is 18.4 Å². The number of likely N-dealkylation sites (N-methyl/N-ethyl adjacent to an activating group) is 1. The fraction of sp³-hybridized carbons (Fsp3) is 0.353. The van der Waals surface area contributed by atoms with Crippen LogP contribution < -0.4 is 10.6 Å². The van der Waals surface area contributed by atoms with Gasteiger partial charge < -0.3 is 20.3 Å². The Hall–Kier alpha value is -2.83. The number of esters is 1. The predicted octanol–water partition coefficient (Wildman–Crippen LogP) is 0.783. The highest BCUT2D eigenvalue weighted by atomic mass is 16.5. The second kappa shape index (κ2) is 10.0. The first-order valence-corrected chi connectivity index (χ1v) is 7.48. The summed E-state index contributed by atoms with van der Waals surface area (Å²) in [5.41, 5.74) is 1.42. The fourth-order valence-electron chi connectivity index (χ4n) is 1.70. The number of rotatable bonds is 7. The van der Waals surface area contributed by atoms with Gasteiger partial charge in [-0.25, -0.2) is 9.79 Å². The minimum atomic E-state index is -0.373. The Balaban J connectivity index is 2.70. The van der Waals surface area contributed by atoms with E-state index in [1.54, 1.807) is 32.3 Å². The van der Waals surface area contributed by atoms with Crippen LogP contribution in [0.15, 0.2) is 41.9 Å². The summed E-state index contributed by atoms with van der Waals surface area (Å²) in [5.74, 6) is 0.0925. The lowest BCUT2D eigenvalue weighted by Crippen LogP contribution is -2.43. The molecule has 0 aliphatic rings. The lowest BCUT2D eigenvalue weighted by Gasteiger charge is -2.14. The van der Waals surface area contributed by atoms with Crippen molar-refractivity contribution in [1.82, 2.24) is 15.5 Å². The lowest BCUT2D eigenvalue weighted by molar-refractivity contribution is -0.127. The Labute approximate surface area is 142 Å². The highest BCUT2D eigenvalue weighted by molar-refractivity contribution is 5.89. The number of nitrogens with zero attached hydrogens (tertiary/aromatic N) is 2. The van der Waals surface area contributed by atoms with E-state index >= 15 is 0 Å². The van der Waals surface area contributed by atoms with Crippen LogP contribution in [0.5, 0.6) is 0 Å². The molecule has 7 heteroatoms. The van der Waals surface area contributed by atoms with E-state index in [1.165, 1.54) is 12.0 Å². The minimum absolute atomic E-state index is 0.0504. The van der Waals surface area contributed by atoms with Gasteiger partial charge in [0.05, 0.1) is 25.8 Å². The van der Waals surface area contributed by atoms with Gasteiger partial charge in [0.25, 0.3) is 0 Å². The number of hydrogen-bond donors (Lipinski definition) is 2. The monoisotopic (exact) mass is 332 g/mol. The van der Waals surface area contributed by atoms with Crippen LogP contribution in [0.1, 0.15) is 15.9 Å². The second-order valence-corrected chi connectivity index (χ2v) is 5.16. The molecule has 0 saturated carbocycles. The van der Waals surface area contributed by atoms with E-state index in [9.17, 15) is 9.59 Å². The number of hydrogen-bond acceptors (Lipinski definition) is 4. The number of benzene rings is 1. The molecule has 1 aromatic carbocycles. The van der Waals surface area contributed by atoms with Gasteiger partial charge >= 0.3 is 5.97 Å². The first-order chi connectivity index (χ1) is 11.5. The first kappa shape index (κ1) is 19.2. The number of guanidine groups is 1. The summed E-state index contributed by atoms with van der Waals surface area (Å²) in [6.45, 7) is 4.73. The third-order valence-electron chi connectivity index (χ3n) is 3.11. The zero-order chi connectivity index (χ0) is 17.9. The Morgan fingerprint density at radius 2 is 1.92 bits per heavy atom. The van der Waals surface area contributed by atoms with Gasteiger partial charge in [-0.3, -0.25) is 4.79 Å². The molecule has 0 unspecified atom stereocenters. The van der Waals surface area contributed by atoms with Crippen molar-refractivity contribution in [3.05, 3.63) is 48.0 Å². The van der Waals surface area contributed by atoms with Gasteiger partial charge in [-0.2, -0.15) is 0 Å². The predicted molar refractivity (Wildman–Crippen MR) is 93.8 cm³/mol. The standard InChI is InChI=1S/C17H24N4O3/c1-5-10-18-17(20-12-15(22)21(2)3)19-11-13-6-8-14(9-7-13)16(23)24-4/h5-9H,1,10-12H2,2-4H3,(H2,18,19,20). The van der Waals surface area contributed by atoms with Crippen molar-refractivity contribution >= 4 is 17.8 Å². The normalized spacial score (nSPS) is 10.7. The van der Waals surface area contributed by atoms with Gasteiger partial charge in [-0.05, 0) is 17.7 Å². The summed E-state index contributed by atoms with van der Waals surface area (Å²) in [5, 5.41) is 6.02. The van der Waals surface area contributed by atoms with Gasteiger partial charge in [0.15, 0.2) is 5.96 Å². The lowest BCUT2D eigenvalue weighted by atomic mass is 10.1. The number of ether oxygens (including phenoxy) is 1. The molecule has 2 N–H and O–H groups in total. The summed E-state index contributed by atoms with van der Waals surface area (Å²) in [6, 6.07) is 7.00. The number of nitrogens with one attached hydrogen (secondary N) is 2. The Morgan fingerprint density at radius 1 is 1.25 bits per heavy atom. The van der Waals surface area contributed by atoms with Gasteiger partial charge in [0.1, 0.15) is 0 Å². The molecule has 0 atom stereocenters. The molecule has 24 heavy (non-hydrogen) atoms. The zero-order valence-corrected chi connectivity index (χ0v) is 14.3. The fourth-order valence-corrected chi connectivity index (χ4v) is 1.70. The molecule has 0 radical (unpaired) electrons. The molecule has 0 bridgehead atoms. The molecule has 7 nitrogen and oxygen atoms in total. The van der Waals surface area contributed by atoms with Crippen LogP contribution in [0.3, 0.4) is 0 Å². The molecule has 0 spiro atoms. The Kier molecular flexibility index (Phi) is 8.04. The van der Waals surface area contributed by atoms with Gasteiger partial charge in [-0.1, -0.05) is 18.2 Å². The van der Waals surface area contributed by atoms with Crippen LogP contribution in [0.25, 0.3) is 0 Å². The summed E-state index contributed by atoms with van der Waals surface area (Å²) >= 11 is 0. The van der Waals surface area contributed by atoms with Crippen LogP contribution in [-0.2, 0) is 16.1 Å². The van der Waals surface area contributed by atoms with E-state index in [0.29, 0.717) is 24.6 Å². The molecular weight excluding hydrogens is 308 g/mol. The molecule has 130 valence electrons. The Bertz CT molecular complexity index is 594. The van der Waals surface area contributed by atoms with Crippen molar-refractivity contribution in [2.24, 2.45) is 4.99 Å². The maximum atomic E-state index is 11.6. The van der Waals surface area contributed by atoms with E-state index in [4.69, 9.17) is 0 Å². The number of amides is 1. The van der Waals surface area contributed by atoms with Crippen LogP contribution >= 0.6 is 0 Å². The molecule has 1 rings (SSSR count). The molecule has 0 saturated heterocycles. The third-order valence-corrected chi connectivity index (χ3v) is 3.11. The van der Waals surface area contributed by atoms with Crippen molar-refractivity contribution < 1.29 is 14.3 Å². The highest BCUT2D eigenvalue weighted by Gasteiger charge is 2.06. The number of carbonyl (C=O) groups is 2. The van der Waals surface area contributed by atoms with Crippen molar-refractivity contribution in [2.45, 2.75) is 6.54 Å². The van der Waals surface area contributed by atoms with Crippen molar-refractivity contribution in [1.29, 1.82) is 0 Å². The maximum Gasteiger partial charge on any atom is 0.337 e. The molecular formula is C17H24N4O3. The Morgan fingerprint density at radius 3 is 2.46 bits per heavy atom. The molecule has 1 amide bonds. The highest BCUT2D eigenvalue weighted by Crippen LogP contribution is 2.06. The molecule has 0 aliphatic carbocycles. The molecule has 0 heterocycles. The van der Waals surface area contributed by atoms with Crippen LogP contribution in [-0.4, -0.2) is 57.0 Å². The number of aliphatic imine (C=N–C) groups is 1. The van der Waals surface area contributed by atoms with Gasteiger partial charge in [-0.15, -0.1) is 6.58 Å². The maximum absolute atomic E-state index is 11.6. The zero-order valence-electron chi connectivity index (χ0n) is 14.3. The summed E-state index contributed by atoms with van der Waals surface area (Å²) in [6.07, 6.45) is 1.70. The van der Waals surface area contributed by atoms with Crippen LogP contribution in [0.2, 0.25) is 0 Å². The van der Waals surface area contributed by atoms with E-state index in [1.807, 2.05) is 12.1 Å². The molecule has 0 fully saturated rings. The van der Waals surface area contributed by atoms with Crippen LogP contribution in [0.4, 0.5) is 0 Å². The molecule has 0 aromatic heterocycles. The number of carbonyl (C=O) groups excluding carboxylic acids is 2. The van der Waals surface area contributed by atoms with Crippen molar-refractivity contribution in [2.75, 3.05) is 34.3 Å². The minimum Gasteiger partial charge on any atom is -0.465 e. The summed E-state index contributed by atoms with van der Waals surface area (Å²) in [4.78, 5) is 29.0. The van der Waals surface area contributed by atoms with E-state index in [2.05, 4.69) is 26.9 Å². The number of methoxy groups -OCH3 is 1. The van der Waals surface area contributed by atoms with E-state index in [0.717, 1.165) is 5.56 Å². The average Bonchev–Trinajstić information content (AvgIpc) is 2.60. The van der Waals surface area contributed by atoms with Gasteiger partial charge in [0, 0.05) is 20.6 Å². The second-order valence-electron chi connectivity index (χ2n) is 5.16. The summed E-state index contributed by atoms with van der Waals surface area (Å²) < 4.78 is 4.66. The van der Waals surface area contributed by atoms with Crippen LogP contribution in [0, 0.1) is 0 Å². The van der Waals surface area contributed by atoms with Gasteiger partial charge in [0.2, 0.25) is 5.91 Å². The molecule has 0 aliphatic heterocycles. The smallest absolute Gasteiger partial charge is 0.337 e.